The van der Waals surface area contributed by atoms with Gasteiger partial charge in [0.2, 0.25) is 23.5 Å². The van der Waals surface area contributed by atoms with E-state index in [1.807, 2.05) is 18.2 Å². The van der Waals surface area contributed by atoms with Crippen LogP contribution in [0, 0.1) is 11.8 Å². The summed E-state index contributed by atoms with van der Waals surface area (Å²) in [6.45, 7) is 0. The van der Waals surface area contributed by atoms with E-state index in [1.165, 1.54) is 7.11 Å². The number of aromatic nitrogens is 2. The van der Waals surface area contributed by atoms with Gasteiger partial charge in [-0.3, -0.25) is 9.59 Å². The number of carbonyl (C=O) groups excluding carboxylic acids is 2. The third kappa shape index (κ3) is 3.56. The fourth-order valence-corrected chi connectivity index (χ4v) is 4.10. The molecule has 0 spiro atoms. The number of hydrogen-bond acceptors (Lipinski definition) is 8. The van der Waals surface area contributed by atoms with Crippen LogP contribution < -0.4 is 24.8 Å². The van der Waals surface area contributed by atoms with Gasteiger partial charge in [-0.1, -0.05) is 12.2 Å². The lowest BCUT2D eigenvalue weighted by Gasteiger charge is -2.16. The van der Waals surface area contributed by atoms with E-state index in [1.54, 1.807) is 26.5 Å². The Kier molecular flexibility index (Phi) is 5.50. The summed E-state index contributed by atoms with van der Waals surface area (Å²) in [6, 6.07) is 3.64. The number of imide groups is 1. The number of rotatable bonds is 6. The maximum atomic E-state index is 12.8. The van der Waals surface area contributed by atoms with Gasteiger partial charge in [-0.15, -0.1) is 0 Å². The molecule has 4 rings (SSSR count). The summed E-state index contributed by atoms with van der Waals surface area (Å²) in [5, 5.41) is 0. The highest BCUT2D eigenvalue weighted by Gasteiger charge is 2.48. The van der Waals surface area contributed by atoms with Gasteiger partial charge in [0.1, 0.15) is 5.82 Å². The first-order valence-electron chi connectivity index (χ1n) is 9.93. The molecule has 1 aromatic heterocycles. The minimum Gasteiger partial charge on any atom is -0.493 e. The molecule has 9 nitrogen and oxygen atoms in total. The molecule has 9 heteroatoms. The van der Waals surface area contributed by atoms with Gasteiger partial charge in [0.15, 0.2) is 11.5 Å². The van der Waals surface area contributed by atoms with Gasteiger partial charge in [-0.05, 0) is 30.5 Å². The number of methoxy groups -OCH3 is 3. The number of allylic oxidation sites excluding steroid dienone is 1. The monoisotopic (exact) mass is 424 g/mol. The van der Waals surface area contributed by atoms with Gasteiger partial charge in [0, 0.05) is 18.2 Å². The molecule has 1 aliphatic heterocycles. The zero-order chi connectivity index (χ0) is 22.1. The van der Waals surface area contributed by atoms with Crippen LogP contribution in [-0.2, 0) is 16.0 Å². The number of hydrogen-bond donors (Lipinski definition) is 1. The zero-order valence-corrected chi connectivity index (χ0v) is 17.6. The van der Waals surface area contributed by atoms with Crippen molar-refractivity contribution in [3.63, 3.8) is 0 Å². The van der Waals surface area contributed by atoms with Crippen molar-refractivity contribution in [1.82, 2.24) is 9.97 Å². The van der Waals surface area contributed by atoms with Crippen LogP contribution in [0.1, 0.15) is 24.0 Å². The van der Waals surface area contributed by atoms with Gasteiger partial charge < -0.3 is 19.9 Å². The number of carbonyl (C=O) groups is 2. The van der Waals surface area contributed by atoms with Gasteiger partial charge in [-0.2, -0.15) is 4.98 Å². The van der Waals surface area contributed by atoms with Gasteiger partial charge in [0.05, 0.1) is 33.2 Å². The Bertz CT molecular complexity index is 1040. The summed E-state index contributed by atoms with van der Waals surface area (Å²) in [4.78, 5) is 35.1. The van der Waals surface area contributed by atoms with Crippen LogP contribution in [0.4, 0.5) is 11.8 Å². The summed E-state index contributed by atoms with van der Waals surface area (Å²) in [5.74, 6) is 0.405. The molecule has 1 aliphatic carbocycles. The van der Waals surface area contributed by atoms with Crippen molar-refractivity contribution >= 4 is 23.6 Å². The molecule has 2 aliphatic rings. The Hall–Kier alpha value is -3.62. The molecule has 162 valence electrons. The Morgan fingerprint density at radius 3 is 2.39 bits per heavy atom. The number of nitrogen functional groups attached to an aromatic ring is 1. The number of benzene rings is 1. The Morgan fingerprint density at radius 1 is 1.10 bits per heavy atom. The Balaban J connectivity index is 1.61. The largest absolute Gasteiger partial charge is 0.493 e. The molecule has 1 saturated heterocycles. The van der Waals surface area contributed by atoms with E-state index < -0.39 is 5.92 Å². The van der Waals surface area contributed by atoms with Crippen LogP contribution in [0.5, 0.6) is 17.2 Å². The molecule has 2 atom stereocenters. The first kappa shape index (κ1) is 20.6. The second kappa shape index (κ2) is 8.25. The molecule has 2 amide bonds. The summed E-state index contributed by atoms with van der Waals surface area (Å²) in [5.41, 5.74) is 7.67. The van der Waals surface area contributed by atoms with E-state index in [2.05, 4.69) is 9.97 Å². The lowest BCUT2D eigenvalue weighted by atomic mass is 9.86. The normalized spacial score (nSPS) is 20.0. The fourth-order valence-electron chi connectivity index (χ4n) is 4.10. The lowest BCUT2D eigenvalue weighted by molar-refractivity contribution is -0.122. The number of nitrogens with zero attached hydrogens (tertiary/aromatic N) is 3. The number of anilines is 2. The number of amides is 2. The second-order valence-corrected chi connectivity index (χ2v) is 7.44. The average molecular weight is 424 g/mol. The maximum Gasteiger partial charge on any atom is 0.243 e. The maximum absolute atomic E-state index is 12.8. The molecule has 31 heavy (non-hydrogen) atoms. The Morgan fingerprint density at radius 2 is 1.81 bits per heavy atom. The van der Waals surface area contributed by atoms with Crippen LogP contribution in [0.15, 0.2) is 30.5 Å². The summed E-state index contributed by atoms with van der Waals surface area (Å²) < 4.78 is 16.1. The summed E-state index contributed by atoms with van der Waals surface area (Å²) in [7, 11) is 4.63. The highest BCUT2D eigenvalue weighted by molar-refractivity contribution is 6.21. The Labute approximate surface area is 179 Å². The van der Waals surface area contributed by atoms with Crippen molar-refractivity contribution < 1.29 is 23.8 Å². The van der Waals surface area contributed by atoms with Crippen molar-refractivity contribution in [2.45, 2.75) is 19.3 Å². The number of fused-ring (bicyclic) bond motifs is 1. The van der Waals surface area contributed by atoms with Crippen LogP contribution >= 0.6 is 0 Å². The minimum atomic E-state index is -0.440. The molecule has 0 bridgehead atoms. The van der Waals surface area contributed by atoms with E-state index in [0.29, 0.717) is 35.7 Å². The predicted molar refractivity (Wildman–Crippen MR) is 113 cm³/mol. The molecule has 2 N–H and O–H groups in total. The predicted octanol–water partition coefficient (Wildman–Crippen LogP) is 2.13. The first-order chi connectivity index (χ1) is 15.0. The molecular weight excluding hydrogens is 400 g/mol. The van der Waals surface area contributed by atoms with E-state index in [9.17, 15) is 9.59 Å². The number of nitrogens with two attached hydrogens (primary N) is 1. The summed E-state index contributed by atoms with van der Waals surface area (Å²) >= 11 is 0. The van der Waals surface area contributed by atoms with Crippen molar-refractivity contribution in [3.05, 3.63) is 41.6 Å². The summed E-state index contributed by atoms with van der Waals surface area (Å²) in [6.07, 6.45) is 7.11. The van der Waals surface area contributed by atoms with Crippen LogP contribution in [-0.4, -0.2) is 43.1 Å². The molecule has 0 radical (unpaired) electrons. The molecule has 2 heterocycles. The highest BCUT2D eigenvalue weighted by atomic mass is 16.5. The standard InChI is InChI=1S/C22H24N4O5/c1-29-16-9-12(10-17(30-2)18(16)31-3)8-13-11-24-22(25-19(13)23)26-20(27)14-6-4-5-7-15(14)21(26)28/h4,6,9-11,14-15H,5,7-8H2,1-3H3,(H2,23,24,25). The quantitative estimate of drug-likeness (QED) is 0.554. The van der Waals surface area contributed by atoms with E-state index >= 15 is 0 Å². The average Bonchev–Trinajstić information content (AvgIpc) is 3.04. The molecule has 1 aromatic carbocycles. The fraction of sp³-hybridized carbons (Fsp3) is 0.364. The third-order valence-corrected chi connectivity index (χ3v) is 5.67. The molecule has 2 aromatic rings. The smallest absolute Gasteiger partial charge is 0.243 e. The SMILES string of the molecule is COc1cc(Cc2cnc(N3C(=O)C4C=CCCC4C3=O)nc2N)cc(OC)c1OC. The molecular formula is C22H24N4O5. The van der Waals surface area contributed by atoms with Gasteiger partial charge in [-0.25, -0.2) is 9.88 Å². The zero-order valence-electron chi connectivity index (χ0n) is 17.6. The lowest BCUT2D eigenvalue weighted by Crippen LogP contribution is -2.32. The molecule has 2 unspecified atom stereocenters. The topological polar surface area (TPSA) is 117 Å². The van der Waals surface area contributed by atoms with Gasteiger partial charge >= 0.3 is 0 Å². The highest BCUT2D eigenvalue weighted by Crippen LogP contribution is 2.39. The van der Waals surface area contributed by atoms with E-state index in [4.69, 9.17) is 19.9 Å². The molecule has 1 fully saturated rings. The van der Waals surface area contributed by atoms with Crippen molar-refractivity contribution in [1.29, 1.82) is 0 Å². The number of ether oxygens (including phenoxy) is 3. The van der Waals surface area contributed by atoms with Crippen LogP contribution in [0.25, 0.3) is 0 Å². The first-order valence-corrected chi connectivity index (χ1v) is 9.93. The van der Waals surface area contributed by atoms with Crippen molar-refractivity contribution in [2.24, 2.45) is 11.8 Å². The van der Waals surface area contributed by atoms with Crippen LogP contribution in [0.2, 0.25) is 0 Å². The van der Waals surface area contributed by atoms with Crippen molar-refractivity contribution in [3.8, 4) is 17.2 Å². The second-order valence-electron chi connectivity index (χ2n) is 7.44. The third-order valence-electron chi connectivity index (χ3n) is 5.67. The van der Waals surface area contributed by atoms with Crippen molar-refractivity contribution in [2.75, 3.05) is 32.0 Å². The van der Waals surface area contributed by atoms with Crippen LogP contribution in [0.3, 0.4) is 0 Å². The molecule has 0 saturated carbocycles. The van der Waals surface area contributed by atoms with Gasteiger partial charge in [0.25, 0.3) is 0 Å². The van der Waals surface area contributed by atoms with E-state index in [0.717, 1.165) is 16.9 Å². The minimum absolute atomic E-state index is 0.0175. The van der Waals surface area contributed by atoms with E-state index in [-0.39, 0.29) is 29.5 Å².